The Morgan fingerprint density at radius 3 is 2.93 bits per heavy atom. The van der Waals surface area contributed by atoms with Crippen molar-refractivity contribution < 1.29 is 10.0 Å². The Morgan fingerprint density at radius 1 is 1.53 bits per heavy atom. The van der Waals surface area contributed by atoms with Gasteiger partial charge in [-0.3, -0.25) is 10.1 Å². The van der Waals surface area contributed by atoms with Crippen LogP contribution in [0.1, 0.15) is 26.2 Å². The predicted octanol–water partition coefficient (Wildman–Crippen LogP) is 1.68. The highest BCUT2D eigenvalue weighted by Gasteiger charge is 2.35. The molecule has 0 aliphatic heterocycles. The van der Waals surface area contributed by atoms with Gasteiger partial charge in [0.15, 0.2) is 0 Å². The maximum atomic E-state index is 10.9. The molecule has 82 valence electrons. The number of aliphatic hydroxyl groups is 1. The normalized spacial score (nSPS) is 35.2. The predicted molar refractivity (Wildman–Crippen MR) is 56.0 cm³/mol. The van der Waals surface area contributed by atoms with Gasteiger partial charge in [-0.05, 0) is 17.9 Å². The molecule has 4 nitrogen and oxygen atoms in total. The first kappa shape index (κ1) is 10.4. The minimum absolute atomic E-state index is 0.207. The lowest BCUT2D eigenvalue weighted by molar-refractivity contribution is -0.512. The van der Waals surface area contributed by atoms with E-state index in [9.17, 15) is 15.2 Å². The van der Waals surface area contributed by atoms with Gasteiger partial charge in [0.2, 0.25) is 6.04 Å². The minimum Gasteiger partial charge on any atom is -0.393 e. The van der Waals surface area contributed by atoms with Gasteiger partial charge in [-0.15, -0.1) is 0 Å². The lowest BCUT2D eigenvalue weighted by atomic mass is 9.77. The molecule has 0 radical (unpaired) electrons. The molecule has 0 heterocycles. The molecule has 0 aromatic heterocycles. The highest BCUT2D eigenvalue weighted by molar-refractivity contribution is 5.35. The fourth-order valence-electron chi connectivity index (χ4n) is 2.39. The molecule has 15 heavy (non-hydrogen) atoms. The summed E-state index contributed by atoms with van der Waals surface area (Å²) in [5.41, 5.74) is 1.91. The third-order valence-corrected chi connectivity index (χ3v) is 3.38. The first-order chi connectivity index (χ1) is 7.09. The molecule has 4 heteroatoms. The Bertz CT molecular complexity index is 346. The molecule has 0 aromatic carbocycles. The van der Waals surface area contributed by atoms with E-state index in [1.807, 2.05) is 19.1 Å². The van der Waals surface area contributed by atoms with Crippen LogP contribution in [0.15, 0.2) is 23.3 Å². The second kappa shape index (κ2) is 3.77. The maximum absolute atomic E-state index is 10.9. The van der Waals surface area contributed by atoms with Gasteiger partial charge in [-0.2, -0.15) is 0 Å². The van der Waals surface area contributed by atoms with Crippen LogP contribution < -0.4 is 0 Å². The van der Waals surface area contributed by atoms with Crippen molar-refractivity contribution in [2.75, 3.05) is 0 Å². The second-order valence-corrected chi connectivity index (χ2v) is 4.44. The molecular weight excluding hydrogens is 194 g/mol. The summed E-state index contributed by atoms with van der Waals surface area (Å²) in [7, 11) is 0. The minimum atomic E-state index is -0.604. The van der Waals surface area contributed by atoms with Crippen LogP contribution in [0.5, 0.6) is 0 Å². The van der Waals surface area contributed by atoms with E-state index in [0.29, 0.717) is 12.8 Å². The molecule has 0 saturated heterocycles. The Kier molecular flexibility index (Phi) is 2.61. The average Bonchev–Trinajstić information content (AvgIpc) is 2.18. The van der Waals surface area contributed by atoms with Gasteiger partial charge in [-0.1, -0.05) is 19.1 Å². The molecule has 3 atom stereocenters. The Balaban J connectivity index is 2.30. The molecule has 2 aliphatic carbocycles. The fraction of sp³-hybridized carbons (Fsp3) is 0.636. The molecule has 0 fully saturated rings. The van der Waals surface area contributed by atoms with Crippen molar-refractivity contribution in [1.29, 1.82) is 0 Å². The lowest BCUT2D eigenvalue weighted by Gasteiger charge is -2.30. The monoisotopic (exact) mass is 209 g/mol. The number of aliphatic hydroxyl groups excluding tert-OH is 1. The van der Waals surface area contributed by atoms with Crippen LogP contribution in [0.3, 0.4) is 0 Å². The van der Waals surface area contributed by atoms with Crippen LogP contribution in [-0.2, 0) is 0 Å². The van der Waals surface area contributed by atoms with Crippen molar-refractivity contribution in [3.05, 3.63) is 33.4 Å². The fourth-order valence-corrected chi connectivity index (χ4v) is 2.39. The van der Waals surface area contributed by atoms with Crippen molar-refractivity contribution >= 4 is 0 Å². The molecule has 2 rings (SSSR count). The van der Waals surface area contributed by atoms with Gasteiger partial charge >= 0.3 is 0 Å². The number of hydrogen-bond acceptors (Lipinski definition) is 3. The van der Waals surface area contributed by atoms with Crippen molar-refractivity contribution in [3.63, 3.8) is 0 Å². The zero-order valence-corrected chi connectivity index (χ0v) is 8.72. The van der Waals surface area contributed by atoms with E-state index >= 15 is 0 Å². The summed E-state index contributed by atoms with van der Waals surface area (Å²) >= 11 is 0. The highest BCUT2D eigenvalue weighted by atomic mass is 16.6. The largest absolute Gasteiger partial charge is 0.393 e. The molecule has 0 bridgehead atoms. The summed E-state index contributed by atoms with van der Waals surface area (Å²) in [6, 6.07) is -0.604. The van der Waals surface area contributed by atoms with Gasteiger partial charge in [0.25, 0.3) is 0 Å². The number of allylic oxidation sites excluding steroid dienone is 2. The molecule has 3 unspecified atom stereocenters. The third kappa shape index (κ3) is 1.81. The zero-order valence-electron chi connectivity index (χ0n) is 8.72. The van der Waals surface area contributed by atoms with Gasteiger partial charge < -0.3 is 5.11 Å². The van der Waals surface area contributed by atoms with Gasteiger partial charge in [0, 0.05) is 23.3 Å². The van der Waals surface area contributed by atoms with E-state index < -0.39 is 12.1 Å². The third-order valence-electron chi connectivity index (χ3n) is 3.38. The maximum Gasteiger partial charge on any atom is 0.238 e. The molecule has 2 aliphatic rings. The molecule has 1 N–H and O–H groups in total. The molecular formula is C11H15NO3. The SMILES string of the molecule is CC1CC2=C(CC1O)C([N+](=O)[O-])CC=C2. The van der Waals surface area contributed by atoms with Crippen molar-refractivity contribution in [1.82, 2.24) is 0 Å². The van der Waals surface area contributed by atoms with Crippen molar-refractivity contribution in [2.24, 2.45) is 5.92 Å². The van der Waals surface area contributed by atoms with E-state index in [4.69, 9.17) is 0 Å². The van der Waals surface area contributed by atoms with Crippen molar-refractivity contribution in [2.45, 2.75) is 38.3 Å². The molecule has 0 aromatic rings. The molecule has 0 saturated carbocycles. The number of nitrogens with zero attached hydrogens (tertiary/aromatic N) is 1. The molecule has 0 spiro atoms. The van der Waals surface area contributed by atoms with Crippen LogP contribution in [0.2, 0.25) is 0 Å². The summed E-state index contributed by atoms with van der Waals surface area (Å²) in [6.07, 6.45) is 5.13. The van der Waals surface area contributed by atoms with Crippen LogP contribution in [0.4, 0.5) is 0 Å². The van der Waals surface area contributed by atoms with E-state index in [1.54, 1.807) is 0 Å². The van der Waals surface area contributed by atoms with Gasteiger partial charge in [-0.25, -0.2) is 0 Å². The highest BCUT2D eigenvalue weighted by Crippen LogP contribution is 2.36. The number of rotatable bonds is 1. The van der Waals surface area contributed by atoms with Crippen LogP contribution in [0, 0.1) is 16.0 Å². The summed E-state index contributed by atoms with van der Waals surface area (Å²) < 4.78 is 0. The van der Waals surface area contributed by atoms with Crippen LogP contribution in [0.25, 0.3) is 0 Å². The van der Waals surface area contributed by atoms with E-state index in [2.05, 4.69) is 0 Å². The zero-order chi connectivity index (χ0) is 11.0. The van der Waals surface area contributed by atoms with Gasteiger partial charge in [0.1, 0.15) is 0 Å². The smallest absolute Gasteiger partial charge is 0.238 e. The first-order valence-electron chi connectivity index (χ1n) is 5.29. The Labute approximate surface area is 88.4 Å². The summed E-state index contributed by atoms with van der Waals surface area (Å²) in [5, 5.41) is 20.6. The average molecular weight is 209 g/mol. The number of hydrogen-bond donors (Lipinski definition) is 1. The van der Waals surface area contributed by atoms with Crippen LogP contribution in [-0.4, -0.2) is 22.2 Å². The summed E-state index contributed by atoms with van der Waals surface area (Å²) in [4.78, 5) is 10.6. The Hall–Kier alpha value is -1.16. The van der Waals surface area contributed by atoms with Crippen molar-refractivity contribution in [3.8, 4) is 0 Å². The second-order valence-electron chi connectivity index (χ2n) is 4.44. The standard InChI is InChI=1S/C11H15NO3/c1-7-5-8-3-2-4-10(12(14)15)9(8)6-11(7)13/h2-3,7,10-11,13H,4-6H2,1H3. The quantitative estimate of drug-likeness (QED) is 0.528. The first-order valence-corrected chi connectivity index (χ1v) is 5.29. The van der Waals surface area contributed by atoms with Gasteiger partial charge in [0.05, 0.1) is 6.10 Å². The topological polar surface area (TPSA) is 63.4 Å². The van der Waals surface area contributed by atoms with E-state index in [0.717, 1.165) is 17.6 Å². The van der Waals surface area contributed by atoms with E-state index in [1.165, 1.54) is 0 Å². The van der Waals surface area contributed by atoms with Crippen LogP contribution >= 0.6 is 0 Å². The summed E-state index contributed by atoms with van der Waals surface area (Å²) in [6.45, 7) is 1.98. The lowest BCUT2D eigenvalue weighted by Crippen LogP contribution is -2.33. The molecule has 0 amide bonds. The Morgan fingerprint density at radius 2 is 2.27 bits per heavy atom. The summed E-state index contributed by atoms with van der Waals surface area (Å²) in [5.74, 6) is 0.207. The number of nitro groups is 1. The van der Waals surface area contributed by atoms with E-state index in [-0.39, 0.29) is 10.8 Å².